The van der Waals surface area contributed by atoms with E-state index in [1.807, 2.05) is 17.9 Å². The molecule has 1 aromatic carbocycles. The van der Waals surface area contributed by atoms with Crippen LogP contribution in [0.15, 0.2) is 12.1 Å². The van der Waals surface area contributed by atoms with Crippen LogP contribution in [0.2, 0.25) is 0 Å². The molecule has 5 nitrogen and oxygen atoms in total. The molecule has 2 rings (SSSR count). The Morgan fingerprint density at radius 2 is 1.91 bits per heavy atom. The number of hydrogen-bond donors (Lipinski definition) is 1. The number of nitrogens with two attached hydrogens (primary N) is 1. The molecule has 1 saturated heterocycles. The van der Waals surface area contributed by atoms with Crippen molar-refractivity contribution in [1.29, 1.82) is 0 Å². The van der Waals surface area contributed by atoms with Crippen LogP contribution >= 0.6 is 0 Å². The second kappa shape index (κ2) is 8.65. The summed E-state index contributed by atoms with van der Waals surface area (Å²) < 4.78 is 11.1. The molecule has 0 spiro atoms. The molecule has 1 amide bonds. The Bertz CT molecular complexity index is 523. The smallest absolute Gasteiger partial charge is 0.222 e. The maximum Gasteiger partial charge on any atom is 0.222 e. The summed E-state index contributed by atoms with van der Waals surface area (Å²) in [5.74, 6) is 1.55. The minimum absolute atomic E-state index is 0.218. The van der Waals surface area contributed by atoms with E-state index in [1.165, 1.54) is 12.8 Å². The number of benzene rings is 1. The molecule has 0 atom stereocenters. The van der Waals surface area contributed by atoms with Crippen LogP contribution in [0.5, 0.6) is 11.5 Å². The van der Waals surface area contributed by atoms with Crippen molar-refractivity contribution in [1.82, 2.24) is 4.90 Å². The highest BCUT2D eigenvalue weighted by atomic mass is 16.5. The lowest BCUT2D eigenvalue weighted by Gasteiger charge is -2.21. The molecular weight excluding hydrogens is 292 g/mol. The number of carbonyl (C=O) groups is 1. The van der Waals surface area contributed by atoms with Gasteiger partial charge in [-0.25, -0.2) is 0 Å². The summed E-state index contributed by atoms with van der Waals surface area (Å²) in [6.45, 7) is 4.25. The molecule has 5 heteroatoms. The number of anilines is 1. The zero-order valence-electron chi connectivity index (χ0n) is 14.3. The van der Waals surface area contributed by atoms with Gasteiger partial charge < -0.3 is 20.1 Å². The van der Waals surface area contributed by atoms with Crippen molar-refractivity contribution in [2.45, 2.75) is 45.4 Å². The van der Waals surface area contributed by atoms with Crippen LogP contribution in [-0.4, -0.2) is 37.6 Å². The van der Waals surface area contributed by atoms with Crippen LogP contribution in [0.25, 0.3) is 0 Å². The van der Waals surface area contributed by atoms with Gasteiger partial charge in [0, 0.05) is 36.8 Å². The van der Waals surface area contributed by atoms with Gasteiger partial charge >= 0.3 is 0 Å². The first-order valence-corrected chi connectivity index (χ1v) is 8.52. The third-order valence-electron chi connectivity index (χ3n) is 4.23. The van der Waals surface area contributed by atoms with Crippen LogP contribution < -0.4 is 15.2 Å². The molecule has 0 saturated carbocycles. The monoisotopic (exact) mass is 320 g/mol. The van der Waals surface area contributed by atoms with E-state index >= 15 is 0 Å². The van der Waals surface area contributed by atoms with Gasteiger partial charge in [0.05, 0.1) is 13.7 Å². The van der Waals surface area contributed by atoms with E-state index in [0.717, 1.165) is 31.5 Å². The number of nitrogens with zero attached hydrogens (tertiary/aromatic N) is 1. The van der Waals surface area contributed by atoms with Crippen molar-refractivity contribution in [2.75, 3.05) is 32.5 Å². The van der Waals surface area contributed by atoms with E-state index in [9.17, 15) is 4.79 Å². The number of amides is 1. The highest BCUT2D eigenvalue weighted by Crippen LogP contribution is 2.34. The minimum Gasteiger partial charge on any atom is -0.493 e. The SMILES string of the molecule is CCOc1c(CCC(=O)N2CCCCCC2)cc(N)cc1OC. The average molecular weight is 320 g/mol. The number of carbonyl (C=O) groups excluding carboxylic acids is 1. The van der Waals surface area contributed by atoms with Gasteiger partial charge in [-0.2, -0.15) is 0 Å². The summed E-state index contributed by atoms with van der Waals surface area (Å²) in [6, 6.07) is 3.63. The first kappa shape index (κ1) is 17.4. The Kier molecular flexibility index (Phi) is 6.56. The van der Waals surface area contributed by atoms with Crippen molar-refractivity contribution >= 4 is 11.6 Å². The number of likely N-dealkylation sites (tertiary alicyclic amines) is 1. The van der Waals surface area contributed by atoms with E-state index < -0.39 is 0 Å². The second-order valence-electron chi connectivity index (χ2n) is 5.94. The molecule has 2 N–H and O–H groups in total. The highest BCUT2D eigenvalue weighted by Gasteiger charge is 2.18. The van der Waals surface area contributed by atoms with Gasteiger partial charge in [0.1, 0.15) is 0 Å². The number of hydrogen-bond acceptors (Lipinski definition) is 4. The van der Waals surface area contributed by atoms with Gasteiger partial charge in [-0.15, -0.1) is 0 Å². The van der Waals surface area contributed by atoms with E-state index in [1.54, 1.807) is 13.2 Å². The third kappa shape index (κ3) is 4.78. The number of rotatable bonds is 6. The summed E-state index contributed by atoms with van der Waals surface area (Å²) in [5.41, 5.74) is 7.50. The van der Waals surface area contributed by atoms with Crippen LogP contribution in [0, 0.1) is 0 Å². The Morgan fingerprint density at radius 3 is 2.52 bits per heavy atom. The first-order chi connectivity index (χ1) is 11.2. The fourth-order valence-corrected chi connectivity index (χ4v) is 3.05. The summed E-state index contributed by atoms with van der Waals surface area (Å²) in [7, 11) is 1.60. The molecular formula is C18H28N2O3. The van der Waals surface area contributed by atoms with Gasteiger partial charge in [-0.05, 0) is 32.3 Å². The molecule has 0 radical (unpaired) electrons. The summed E-state index contributed by atoms with van der Waals surface area (Å²) in [6.07, 6.45) is 5.78. The van der Waals surface area contributed by atoms with Crippen LogP contribution in [0.1, 0.15) is 44.6 Å². The van der Waals surface area contributed by atoms with Gasteiger partial charge in [0.25, 0.3) is 0 Å². The molecule has 0 aromatic heterocycles. The molecule has 0 aliphatic carbocycles. The van der Waals surface area contributed by atoms with Gasteiger partial charge in [-0.1, -0.05) is 12.8 Å². The highest BCUT2D eigenvalue weighted by molar-refractivity contribution is 5.76. The fourth-order valence-electron chi connectivity index (χ4n) is 3.05. The van der Waals surface area contributed by atoms with Crippen molar-refractivity contribution in [3.05, 3.63) is 17.7 Å². The Labute approximate surface area is 138 Å². The van der Waals surface area contributed by atoms with Gasteiger partial charge in [0.2, 0.25) is 5.91 Å². The quantitative estimate of drug-likeness (QED) is 0.818. The maximum absolute atomic E-state index is 12.5. The molecule has 1 aliphatic heterocycles. The summed E-state index contributed by atoms with van der Waals surface area (Å²) in [4.78, 5) is 14.5. The topological polar surface area (TPSA) is 64.8 Å². The van der Waals surface area contributed by atoms with Crippen LogP contribution in [-0.2, 0) is 11.2 Å². The number of ether oxygens (including phenoxy) is 2. The van der Waals surface area contributed by atoms with Crippen molar-refractivity contribution in [3.63, 3.8) is 0 Å². The van der Waals surface area contributed by atoms with E-state index in [4.69, 9.17) is 15.2 Å². The van der Waals surface area contributed by atoms with Crippen molar-refractivity contribution < 1.29 is 14.3 Å². The lowest BCUT2D eigenvalue weighted by Crippen LogP contribution is -2.31. The number of aryl methyl sites for hydroxylation is 1. The zero-order valence-corrected chi connectivity index (χ0v) is 14.3. The molecule has 23 heavy (non-hydrogen) atoms. The minimum atomic E-state index is 0.218. The maximum atomic E-state index is 12.5. The van der Waals surface area contributed by atoms with Crippen molar-refractivity contribution in [2.24, 2.45) is 0 Å². The predicted molar refractivity (Wildman–Crippen MR) is 91.9 cm³/mol. The number of methoxy groups -OCH3 is 1. The molecule has 0 bridgehead atoms. The average Bonchev–Trinajstić information content (AvgIpc) is 2.83. The summed E-state index contributed by atoms with van der Waals surface area (Å²) >= 11 is 0. The predicted octanol–water partition coefficient (Wildman–Crippen LogP) is 3.01. The lowest BCUT2D eigenvalue weighted by molar-refractivity contribution is -0.131. The molecule has 128 valence electrons. The molecule has 1 aliphatic rings. The Morgan fingerprint density at radius 1 is 1.22 bits per heavy atom. The molecule has 1 aromatic rings. The summed E-state index contributed by atoms with van der Waals surface area (Å²) in [5, 5.41) is 0. The van der Waals surface area contributed by atoms with Gasteiger partial charge in [0.15, 0.2) is 11.5 Å². The molecule has 0 unspecified atom stereocenters. The largest absolute Gasteiger partial charge is 0.493 e. The fraction of sp³-hybridized carbons (Fsp3) is 0.611. The van der Waals surface area contributed by atoms with Crippen molar-refractivity contribution in [3.8, 4) is 11.5 Å². The van der Waals surface area contributed by atoms with Gasteiger partial charge in [-0.3, -0.25) is 4.79 Å². The molecule has 1 heterocycles. The second-order valence-corrected chi connectivity index (χ2v) is 5.94. The normalized spacial score (nSPS) is 15.1. The number of nitrogen functional groups attached to an aromatic ring is 1. The lowest BCUT2D eigenvalue weighted by atomic mass is 10.1. The van der Waals surface area contributed by atoms with E-state index in [0.29, 0.717) is 36.6 Å². The Hall–Kier alpha value is -1.91. The standard InChI is InChI=1S/C18H28N2O3/c1-3-23-18-14(12-15(19)13-16(18)22-2)8-9-17(21)20-10-6-4-5-7-11-20/h12-13H,3-11,19H2,1-2H3. The van der Waals surface area contributed by atoms with E-state index in [-0.39, 0.29) is 5.91 Å². The first-order valence-electron chi connectivity index (χ1n) is 8.52. The zero-order chi connectivity index (χ0) is 16.7. The Balaban J connectivity index is 2.06. The van der Waals surface area contributed by atoms with Crippen LogP contribution in [0.4, 0.5) is 5.69 Å². The molecule has 1 fully saturated rings. The van der Waals surface area contributed by atoms with Crippen LogP contribution in [0.3, 0.4) is 0 Å². The third-order valence-corrected chi connectivity index (χ3v) is 4.23. The van der Waals surface area contributed by atoms with E-state index in [2.05, 4.69) is 0 Å².